The Morgan fingerprint density at radius 1 is 1.39 bits per heavy atom. The molecule has 4 heteroatoms. The maximum absolute atomic E-state index is 11.9. The van der Waals surface area contributed by atoms with Crippen LogP contribution in [-0.4, -0.2) is 10.8 Å². The van der Waals surface area contributed by atoms with Crippen LogP contribution in [-0.2, 0) is 11.2 Å². The number of aryl methyl sites for hydroxylation is 1. The SMILES string of the molecule is Cc1nc(CC(=O)CC(N)c2ccccc2)cs1. The summed E-state index contributed by atoms with van der Waals surface area (Å²) in [7, 11) is 0. The molecule has 0 spiro atoms. The lowest BCUT2D eigenvalue weighted by Gasteiger charge is -2.10. The zero-order chi connectivity index (χ0) is 13.0. The van der Waals surface area contributed by atoms with E-state index < -0.39 is 0 Å². The number of ketones is 1. The maximum atomic E-state index is 11.9. The number of nitrogens with zero attached hydrogens (tertiary/aromatic N) is 1. The number of hydrogen-bond donors (Lipinski definition) is 1. The normalized spacial score (nSPS) is 12.3. The average Bonchev–Trinajstić information content (AvgIpc) is 2.75. The van der Waals surface area contributed by atoms with Gasteiger partial charge in [0.05, 0.1) is 10.7 Å². The molecule has 0 aliphatic heterocycles. The molecule has 1 aromatic carbocycles. The van der Waals surface area contributed by atoms with Crippen LogP contribution in [0.4, 0.5) is 0 Å². The largest absolute Gasteiger partial charge is 0.324 e. The molecule has 2 aromatic rings. The predicted octanol–water partition coefficient (Wildman–Crippen LogP) is 2.65. The summed E-state index contributed by atoms with van der Waals surface area (Å²) in [6, 6.07) is 9.48. The topological polar surface area (TPSA) is 56.0 Å². The number of carbonyl (C=O) groups is 1. The third kappa shape index (κ3) is 3.48. The Balaban J connectivity index is 1.92. The molecule has 1 unspecified atom stereocenters. The molecule has 0 aliphatic carbocycles. The number of carbonyl (C=O) groups excluding carboxylic acids is 1. The molecule has 0 amide bonds. The van der Waals surface area contributed by atoms with E-state index in [-0.39, 0.29) is 11.8 Å². The molecule has 2 rings (SSSR count). The van der Waals surface area contributed by atoms with Gasteiger partial charge in [-0.25, -0.2) is 4.98 Å². The van der Waals surface area contributed by atoms with Gasteiger partial charge < -0.3 is 5.73 Å². The van der Waals surface area contributed by atoms with Gasteiger partial charge in [0.1, 0.15) is 5.78 Å². The van der Waals surface area contributed by atoms with Crippen LogP contribution in [0.3, 0.4) is 0 Å². The summed E-state index contributed by atoms with van der Waals surface area (Å²) < 4.78 is 0. The number of aromatic nitrogens is 1. The minimum atomic E-state index is -0.224. The molecule has 0 aliphatic rings. The van der Waals surface area contributed by atoms with Crippen molar-refractivity contribution in [1.29, 1.82) is 0 Å². The summed E-state index contributed by atoms with van der Waals surface area (Å²) in [6.07, 6.45) is 0.742. The molecule has 0 saturated heterocycles. The molecule has 3 nitrogen and oxygen atoms in total. The number of rotatable bonds is 5. The first-order valence-electron chi connectivity index (χ1n) is 5.88. The molecule has 0 radical (unpaired) electrons. The Kier molecular flexibility index (Phi) is 4.23. The zero-order valence-electron chi connectivity index (χ0n) is 10.3. The first kappa shape index (κ1) is 12.9. The van der Waals surface area contributed by atoms with Crippen LogP contribution in [0.25, 0.3) is 0 Å². The molecule has 1 aromatic heterocycles. The highest BCUT2D eigenvalue weighted by Crippen LogP contribution is 2.16. The van der Waals surface area contributed by atoms with Crippen molar-refractivity contribution in [2.45, 2.75) is 25.8 Å². The molecule has 0 bridgehead atoms. The van der Waals surface area contributed by atoms with E-state index >= 15 is 0 Å². The van der Waals surface area contributed by atoms with Crippen LogP contribution in [0.2, 0.25) is 0 Å². The Hall–Kier alpha value is -1.52. The van der Waals surface area contributed by atoms with Crippen molar-refractivity contribution >= 4 is 17.1 Å². The maximum Gasteiger partial charge on any atom is 0.140 e. The number of thiazole rings is 1. The van der Waals surface area contributed by atoms with Gasteiger partial charge in [0, 0.05) is 24.3 Å². The monoisotopic (exact) mass is 260 g/mol. The van der Waals surface area contributed by atoms with Crippen molar-refractivity contribution in [2.24, 2.45) is 5.73 Å². The molecule has 1 atom stereocenters. The highest BCUT2D eigenvalue weighted by Gasteiger charge is 2.13. The molecular weight excluding hydrogens is 244 g/mol. The quantitative estimate of drug-likeness (QED) is 0.899. The van der Waals surface area contributed by atoms with Gasteiger partial charge in [-0.1, -0.05) is 30.3 Å². The van der Waals surface area contributed by atoms with Gasteiger partial charge in [0.25, 0.3) is 0 Å². The minimum absolute atomic E-state index is 0.136. The van der Waals surface area contributed by atoms with Crippen molar-refractivity contribution in [3.05, 3.63) is 52.0 Å². The fourth-order valence-corrected chi connectivity index (χ4v) is 2.44. The van der Waals surface area contributed by atoms with E-state index in [1.807, 2.05) is 42.6 Å². The summed E-state index contributed by atoms with van der Waals surface area (Å²) in [5, 5.41) is 2.92. The van der Waals surface area contributed by atoms with Gasteiger partial charge in [-0.05, 0) is 12.5 Å². The summed E-state index contributed by atoms with van der Waals surface area (Å²) in [5.41, 5.74) is 7.87. The highest BCUT2D eigenvalue weighted by molar-refractivity contribution is 7.09. The third-order valence-electron chi connectivity index (χ3n) is 2.72. The number of hydrogen-bond acceptors (Lipinski definition) is 4. The van der Waals surface area contributed by atoms with Crippen LogP contribution < -0.4 is 5.73 Å². The lowest BCUT2D eigenvalue weighted by molar-refractivity contribution is -0.118. The van der Waals surface area contributed by atoms with Crippen LogP contribution >= 0.6 is 11.3 Å². The molecule has 2 N–H and O–H groups in total. The second kappa shape index (κ2) is 5.89. The minimum Gasteiger partial charge on any atom is -0.324 e. The van der Waals surface area contributed by atoms with Crippen LogP contribution in [0, 0.1) is 6.92 Å². The second-order valence-corrected chi connectivity index (χ2v) is 5.36. The Morgan fingerprint density at radius 2 is 2.11 bits per heavy atom. The first-order chi connectivity index (χ1) is 8.65. The van der Waals surface area contributed by atoms with E-state index in [0.717, 1.165) is 16.3 Å². The smallest absolute Gasteiger partial charge is 0.140 e. The Bertz CT molecular complexity index is 522. The van der Waals surface area contributed by atoms with Gasteiger partial charge in [-0.15, -0.1) is 11.3 Å². The first-order valence-corrected chi connectivity index (χ1v) is 6.76. The van der Waals surface area contributed by atoms with E-state index in [2.05, 4.69) is 4.98 Å². The number of nitrogens with two attached hydrogens (primary N) is 1. The highest BCUT2D eigenvalue weighted by atomic mass is 32.1. The van der Waals surface area contributed by atoms with Gasteiger partial charge in [0.15, 0.2) is 0 Å². The van der Waals surface area contributed by atoms with Crippen molar-refractivity contribution in [2.75, 3.05) is 0 Å². The van der Waals surface area contributed by atoms with E-state index in [4.69, 9.17) is 5.73 Å². The molecule has 0 fully saturated rings. The number of Topliss-reactive ketones (excluding diaryl/α,β-unsaturated/α-hetero) is 1. The van der Waals surface area contributed by atoms with Crippen LogP contribution in [0.1, 0.15) is 28.7 Å². The van der Waals surface area contributed by atoms with Gasteiger partial charge in [0.2, 0.25) is 0 Å². The molecule has 94 valence electrons. The second-order valence-electron chi connectivity index (χ2n) is 4.29. The standard InChI is InChI=1S/C14H16N2OS/c1-10-16-12(9-18-10)7-13(17)8-14(15)11-5-3-2-4-6-11/h2-6,9,14H,7-8,15H2,1H3. The lowest BCUT2D eigenvalue weighted by Crippen LogP contribution is -2.16. The number of benzene rings is 1. The third-order valence-corrected chi connectivity index (χ3v) is 3.54. The van der Waals surface area contributed by atoms with E-state index in [9.17, 15) is 4.79 Å². The van der Waals surface area contributed by atoms with Crippen molar-refractivity contribution in [1.82, 2.24) is 4.98 Å². The zero-order valence-corrected chi connectivity index (χ0v) is 11.1. The van der Waals surface area contributed by atoms with Crippen LogP contribution in [0.15, 0.2) is 35.7 Å². The fraction of sp³-hybridized carbons (Fsp3) is 0.286. The molecule has 1 heterocycles. The van der Waals surface area contributed by atoms with Gasteiger partial charge in [-0.3, -0.25) is 4.79 Å². The predicted molar refractivity (Wildman–Crippen MR) is 73.5 cm³/mol. The van der Waals surface area contributed by atoms with E-state index in [1.165, 1.54) is 0 Å². The molecular formula is C14H16N2OS. The Labute approximate surface area is 111 Å². The van der Waals surface area contributed by atoms with E-state index in [0.29, 0.717) is 12.8 Å². The summed E-state index contributed by atoms with van der Waals surface area (Å²) in [6.45, 7) is 1.94. The van der Waals surface area contributed by atoms with Crippen molar-refractivity contribution in [3.8, 4) is 0 Å². The van der Waals surface area contributed by atoms with Crippen molar-refractivity contribution in [3.63, 3.8) is 0 Å². The lowest BCUT2D eigenvalue weighted by atomic mass is 10.0. The van der Waals surface area contributed by atoms with Crippen LogP contribution in [0.5, 0.6) is 0 Å². The summed E-state index contributed by atoms with van der Waals surface area (Å²) >= 11 is 1.57. The van der Waals surface area contributed by atoms with E-state index in [1.54, 1.807) is 11.3 Å². The molecule has 18 heavy (non-hydrogen) atoms. The Morgan fingerprint density at radius 3 is 2.72 bits per heavy atom. The molecule has 0 saturated carbocycles. The summed E-state index contributed by atoms with van der Waals surface area (Å²) in [4.78, 5) is 16.2. The fourth-order valence-electron chi connectivity index (χ4n) is 1.83. The van der Waals surface area contributed by atoms with Gasteiger partial charge >= 0.3 is 0 Å². The van der Waals surface area contributed by atoms with Crippen molar-refractivity contribution < 1.29 is 4.79 Å². The van der Waals surface area contributed by atoms with Gasteiger partial charge in [-0.2, -0.15) is 0 Å². The summed E-state index contributed by atoms with van der Waals surface area (Å²) in [5.74, 6) is 0.136. The average molecular weight is 260 g/mol.